The summed E-state index contributed by atoms with van der Waals surface area (Å²) in [6.07, 6.45) is -7.24. The smallest absolute Gasteiger partial charge is 0.197 e. The molecular formula is C25H28O11. The largest absolute Gasteiger partial charge is 0.496 e. The van der Waals surface area contributed by atoms with Gasteiger partial charge in [-0.1, -0.05) is 0 Å². The summed E-state index contributed by atoms with van der Waals surface area (Å²) in [5.41, 5.74) is 0.360. The molecule has 1 fully saturated rings. The first kappa shape index (κ1) is 25.7. The molecule has 0 saturated carbocycles. The van der Waals surface area contributed by atoms with Crippen molar-refractivity contribution in [1.29, 1.82) is 0 Å². The van der Waals surface area contributed by atoms with Gasteiger partial charge in [-0.15, -0.1) is 0 Å². The zero-order chi connectivity index (χ0) is 26.1. The molecule has 4 rings (SSSR count). The fraction of sp³-hybridized carbons (Fsp3) is 0.400. The normalized spacial score (nSPS) is 23.9. The van der Waals surface area contributed by atoms with Crippen LogP contribution < -0.4 is 24.4 Å². The third-order valence-electron chi connectivity index (χ3n) is 6.24. The van der Waals surface area contributed by atoms with E-state index in [9.17, 15) is 25.2 Å². The first-order valence-electron chi connectivity index (χ1n) is 11.0. The second-order valence-electron chi connectivity index (χ2n) is 8.19. The molecule has 0 amide bonds. The average molecular weight is 504 g/mol. The Morgan fingerprint density at radius 1 is 0.833 bits per heavy atom. The fourth-order valence-electron chi connectivity index (χ4n) is 4.40. The van der Waals surface area contributed by atoms with Gasteiger partial charge < -0.3 is 48.5 Å². The first-order valence-corrected chi connectivity index (χ1v) is 11.0. The molecule has 0 spiro atoms. The van der Waals surface area contributed by atoms with E-state index in [-0.39, 0.29) is 33.8 Å². The van der Waals surface area contributed by atoms with Crippen molar-refractivity contribution in [1.82, 2.24) is 0 Å². The Morgan fingerprint density at radius 3 is 2.14 bits per heavy atom. The van der Waals surface area contributed by atoms with Gasteiger partial charge in [0.2, 0.25) is 0 Å². The Bertz CT molecular complexity index is 1300. The summed E-state index contributed by atoms with van der Waals surface area (Å²) in [5.74, 6) is 1.35. The monoisotopic (exact) mass is 504 g/mol. The molecule has 36 heavy (non-hydrogen) atoms. The Balaban J connectivity index is 1.91. The number of methoxy groups -OCH3 is 4. The van der Waals surface area contributed by atoms with E-state index < -0.39 is 42.6 Å². The van der Waals surface area contributed by atoms with Gasteiger partial charge in [0, 0.05) is 17.7 Å². The predicted octanol–water partition coefficient (Wildman–Crippen LogP) is 1.01. The first-order chi connectivity index (χ1) is 17.3. The van der Waals surface area contributed by atoms with E-state index in [4.69, 9.17) is 28.1 Å². The summed E-state index contributed by atoms with van der Waals surface area (Å²) >= 11 is 0. The lowest BCUT2D eigenvalue weighted by Crippen LogP contribution is -2.55. The third-order valence-corrected chi connectivity index (χ3v) is 6.24. The number of hydrogen-bond acceptors (Lipinski definition) is 11. The van der Waals surface area contributed by atoms with Crippen LogP contribution in [0, 0.1) is 0 Å². The van der Waals surface area contributed by atoms with Crippen LogP contribution in [-0.2, 0) is 4.74 Å². The average Bonchev–Trinajstić information content (AvgIpc) is 2.90. The summed E-state index contributed by atoms with van der Waals surface area (Å²) < 4.78 is 33.4. The van der Waals surface area contributed by atoms with Gasteiger partial charge in [0.15, 0.2) is 16.9 Å². The van der Waals surface area contributed by atoms with Gasteiger partial charge in [-0.05, 0) is 18.2 Å². The molecule has 1 aliphatic heterocycles. The van der Waals surface area contributed by atoms with Gasteiger partial charge in [0.25, 0.3) is 0 Å². The molecule has 0 radical (unpaired) electrons. The number of aliphatic hydroxyl groups is 4. The van der Waals surface area contributed by atoms with Crippen molar-refractivity contribution in [3.63, 3.8) is 0 Å². The van der Waals surface area contributed by atoms with Gasteiger partial charge in [0.1, 0.15) is 58.7 Å². The van der Waals surface area contributed by atoms with Gasteiger partial charge in [-0.25, -0.2) is 0 Å². The van der Waals surface area contributed by atoms with Gasteiger partial charge >= 0.3 is 0 Å². The number of ether oxygens (including phenoxy) is 5. The quantitative estimate of drug-likeness (QED) is 0.364. The Hall–Kier alpha value is -3.35. The lowest BCUT2D eigenvalue weighted by atomic mass is 9.89. The molecule has 0 bridgehead atoms. The number of rotatable bonds is 7. The summed E-state index contributed by atoms with van der Waals surface area (Å²) in [6.45, 7) is -0.615. The molecule has 1 aromatic heterocycles. The maximum Gasteiger partial charge on any atom is 0.197 e. The van der Waals surface area contributed by atoms with E-state index in [1.807, 2.05) is 0 Å². The van der Waals surface area contributed by atoms with Crippen LogP contribution >= 0.6 is 0 Å². The molecule has 1 saturated heterocycles. The van der Waals surface area contributed by atoms with E-state index in [1.165, 1.54) is 40.6 Å². The molecule has 1 aliphatic rings. The topological polar surface area (TPSA) is 157 Å². The standard InChI is InChI=1S/C25H28O11/c1-31-13-6-5-11(7-15(13)32-2)14-8-12(27)19-17(35-14)9-16(33-3)20(24(19)34-4)25-23(30)22(29)21(28)18(10-26)36-25/h5-9,18,21-23,25-26,28-30H,10H2,1-4H3/t18-,21-,22+,23-,25-/m1/s1. The van der Waals surface area contributed by atoms with E-state index >= 15 is 0 Å². The van der Waals surface area contributed by atoms with Crippen molar-refractivity contribution in [3.8, 4) is 34.3 Å². The number of hydrogen-bond donors (Lipinski definition) is 4. The highest BCUT2D eigenvalue weighted by atomic mass is 16.5. The van der Waals surface area contributed by atoms with E-state index in [1.54, 1.807) is 18.2 Å². The molecule has 11 nitrogen and oxygen atoms in total. The second kappa shape index (κ2) is 10.3. The molecule has 11 heteroatoms. The molecule has 2 aromatic carbocycles. The summed E-state index contributed by atoms with van der Waals surface area (Å²) in [6, 6.07) is 7.79. The van der Waals surface area contributed by atoms with Crippen molar-refractivity contribution in [2.75, 3.05) is 35.0 Å². The van der Waals surface area contributed by atoms with Crippen molar-refractivity contribution < 1.29 is 48.5 Å². The van der Waals surface area contributed by atoms with Crippen LogP contribution in [0.15, 0.2) is 39.5 Å². The Morgan fingerprint density at radius 2 is 1.53 bits per heavy atom. The van der Waals surface area contributed by atoms with Gasteiger partial charge in [0.05, 0.1) is 40.6 Å². The molecular weight excluding hydrogens is 476 g/mol. The molecule has 4 N–H and O–H groups in total. The Labute approximate surface area is 206 Å². The van der Waals surface area contributed by atoms with E-state index in [0.29, 0.717) is 17.1 Å². The van der Waals surface area contributed by atoms with Crippen molar-refractivity contribution >= 4 is 11.0 Å². The highest BCUT2D eigenvalue weighted by molar-refractivity contribution is 5.89. The lowest BCUT2D eigenvalue weighted by molar-refractivity contribution is -0.232. The highest BCUT2D eigenvalue weighted by Crippen LogP contribution is 2.45. The third kappa shape index (κ3) is 4.25. The zero-order valence-electron chi connectivity index (χ0n) is 20.1. The number of aliphatic hydroxyl groups excluding tert-OH is 4. The molecule has 0 aliphatic carbocycles. The van der Waals surface area contributed by atoms with Gasteiger partial charge in [-0.3, -0.25) is 4.79 Å². The van der Waals surface area contributed by atoms with E-state index in [0.717, 1.165) is 0 Å². The number of fused-ring (bicyclic) bond motifs is 1. The van der Waals surface area contributed by atoms with Crippen LogP contribution in [0.2, 0.25) is 0 Å². The number of benzene rings is 2. The SMILES string of the molecule is COc1ccc(-c2cc(=O)c3c(OC)c([C@H]4O[C@H](CO)[C@@H](O)[C@H](O)[C@H]4O)c(OC)cc3o2)cc1OC. The summed E-state index contributed by atoms with van der Waals surface area (Å²) in [7, 11) is 5.70. The zero-order valence-corrected chi connectivity index (χ0v) is 20.1. The highest BCUT2D eigenvalue weighted by Gasteiger charge is 2.46. The summed E-state index contributed by atoms with van der Waals surface area (Å²) in [4.78, 5) is 13.3. The summed E-state index contributed by atoms with van der Waals surface area (Å²) in [5, 5.41) is 40.8. The molecule has 2 heterocycles. The predicted molar refractivity (Wildman–Crippen MR) is 127 cm³/mol. The minimum Gasteiger partial charge on any atom is -0.496 e. The Kier molecular flexibility index (Phi) is 7.38. The van der Waals surface area contributed by atoms with Crippen LogP contribution in [0.25, 0.3) is 22.3 Å². The minimum absolute atomic E-state index is 0.00120. The molecule has 5 atom stereocenters. The van der Waals surface area contributed by atoms with Crippen molar-refractivity contribution in [2.24, 2.45) is 0 Å². The van der Waals surface area contributed by atoms with Crippen LogP contribution in [0.4, 0.5) is 0 Å². The van der Waals surface area contributed by atoms with E-state index in [2.05, 4.69) is 0 Å². The lowest BCUT2D eigenvalue weighted by Gasteiger charge is -2.40. The maximum atomic E-state index is 13.3. The maximum absolute atomic E-state index is 13.3. The second-order valence-corrected chi connectivity index (χ2v) is 8.19. The van der Waals surface area contributed by atoms with Crippen LogP contribution in [-0.4, -0.2) is 79.9 Å². The molecule has 0 unspecified atom stereocenters. The molecule has 194 valence electrons. The van der Waals surface area contributed by atoms with Crippen LogP contribution in [0.1, 0.15) is 11.7 Å². The minimum atomic E-state index is -1.63. The fourth-order valence-corrected chi connectivity index (χ4v) is 4.40. The van der Waals surface area contributed by atoms with Crippen LogP contribution in [0.3, 0.4) is 0 Å². The molecule has 3 aromatic rings. The van der Waals surface area contributed by atoms with Crippen molar-refractivity contribution in [2.45, 2.75) is 30.5 Å². The van der Waals surface area contributed by atoms with Crippen LogP contribution in [0.5, 0.6) is 23.0 Å². The van der Waals surface area contributed by atoms with Crippen molar-refractivity contribution in [3.05, 3.63) is 46.1 Å². The van der Waals surface area contributed by atoms with Gasteiger partial charge in [-0.2, -0.15) is 0 Å².